The molecule has 17 heavy (non-hydrogen) atoms. The topological polar surface area (TPSA) is 38.3 Å². The number of carbonyl (C=O) groups is 1. The summed E-state index contributed by atoms with van der Waals surface area (Å²) in [5.74, 6) is 1.48. The van der Waals surface area contributed by atoms with E-state index in [9.17, 15) is 4.79 Å². The van der Waals surface area contributed by atoms with Gasteiger partial charge in [-0.2, -0.15) is 0 Å². The number of hydrogen-bond acceptors (Lipinski definition) is 2. The highest BCUT2D eigenvalue weighted by Gasteiger charge is 2.05. The lowest BCUT2D eigenvalue weighted by atomic mass is 10.1. The second kappa shape index (κ2) is 6.94. The fraction of sp³-hybridized carbons (Fsp3) is 0.500. The minimum Gasteiger partial charge on any atom is -0.496 e. The molecule has 0 fully saturated rings. The van der Waals surface area contributed by atoms with E-state index in [2.05, 4.69) is 19.2 Å². The fourth-order valence-corrected chi connectivity index (χ4v) is 1.55. The van der Waals surface area contributed by atoms with Crippen molar-refractivity contribution in [2.24, 2.45) is 5.92 Å². The summed E-state index contributed by atoms with van der Waals surface area (Å²) in [6.07, 6.45) is 1.52. The van der Waals surface area contributed by atoms with E-state index in [1.54, 1.807) is 7.11 Å². The minimum atomic E-state index is 0.101. The standard InChI is InChI=1S/C14H21NO2/c1-11(2)8-9-14(16)15-10-12-6-4-5-7-13(12)17-3/h4-7,11H,8-10H2,1-3H3,(H,15,16). The number of rotatable bonds is 6. The average Bonchev–Trinajstić information content (AvgIpc) is 2.34. The normalized spacial score (nSPS) is 10.4. The number of para-hydroxylation sites is 1. The molecule has 0 heterocycles. The zero-order chi connectivity index (χ0) is 12.7. The van der Waals surface area contributed by atoms with E-state index in [4.69, 9.17) is 4.74 Å². The van der Waals surface area contributed by atoms with E-state index >= 15 is 0 Å². The molecule has 0 aliphatic rings. The second-order valence-electron chi connectivity index (χ2n) is 4.52. The van der Waals surface area contributed by atoms with Gasteiger partial charge in [0, 0.05) is 18.5 Å². The Labute approximate surface area is 103 Å². The smallest absolute Gasteiger partial charge is 0.220 e. The lowest BCUT2D eigenvalue weighted by Crippen LogP contribution is -2.23. The molecule has 94 valence electrons. The summed E-state index contributed by atoms with van der Waals surface area (Å²) in [5, 5.41) is 2.91. The number of amides is 1. The van der Waals surface area contributed by atoms with Crippen molar-refractivity contribution in [1.82, 2.24) is 5.32 Å². The van der Waals surface area contributed by atoms with Gasteiger partial charge in [-0.25, -0.2) is 0 Å². The Morgan fingerprint density at radius 1 is 1.35 bits per heavy atom. The highest BCUT2D eigenvalue weighted by atomic mass is 16.5. The van der Waals surface area contributed by atoms with Gasteiger partial charge in [-0.15, -0.1) is 0 Å². The van der Waals surface area contributed by atoms with Crippen LogP contribution in [-0.2, 0) is 11.3 Å². The Bertz CT molecular complexity index is 361. The van der Waals surface area contributed by atoms with Gasteiger partial charge in [0.2, 0.25) is 5.91 Å². The van der Waals surface area contributed by atoms with E-state index in [1.807, 2.05) is 24.3 Å². The van der Waals surface area contributed by atoms with E-state index in [0.29, 0.717) is 18.9 Å². The first kappa shape index (κ1) is 13.6. The molecule has 0 unspecified atom stereocenters. The monoisotopic (exact) mass is 235 g/mol. The van der Waals surface area contributed by atoms with Crippen molar-refractivity contribution in [3.05, 3.63) is 29.8 Å². The second-order valence-corrected chi connectivity index (χ2v) is 4.52. The molecular formula is C14H21NO2. The van der Waals surface area contributed by atoms with E-state index < -0.39 is 0 Å². The summed E-state index contributed by atoms with van der Waals surface area (Å²) in [6.45, 7) is 4.77. The van der Waals surface area contributed by atoms with Gasteiger partial charge in [-0.1, -0.05) is 32.0 Å². The van der Waals surface area contributed by atoms with Crippen molar-refractivity contribution in [2.75, 3.05) is 7.11 Å². The summed E-state index contributed by atoms with van der Waals surface area (Å²) in [4.78, 5) is 11.6. The predicted molar refractivity (Wildman–Crippen MR) is 68.9 cm³/mol. The summed E-state index contributed by atoms with van der Waals surface area (Å²) >= 11 is 0. The van der Waals surface area contributed by atoms with Crippen LogP contribution in [0.5, 0.6) is 5.75 Å². The van der Waals surface area contributed by atoms with Crippen molar-refractivity contribution in [1.29, 1.82) is 0 Å². The van der Waals surface area contributed by atoms with Crippen LogP contribution in [0.25, 0.3) is 0 Å². The molecule has 1 rings (SSSR count). The average molecular weight is 235 g/mol. The first-order valence-corrected chi connectivity index (χ1v) is 6.02. The molecule has 0 aliphatic carbocycles. The highest BCUT2D eigenvalue weighted by molar-refractivity contribution is 5.75. The predicted octanol–water partition coefficient (Wildman–Crippen LogP) is 2.75. The number of nitrogens with one attached hydrogen (secondary N) is 1. The molecule has 0 saturated heterocycles. The lowest BCUT2D eigenvalue weighted by molar-refractivity contribution is -0.121. The Hall–Kier alpha value is -1.51. The number of ether oxygens (including phenoxy) is 1. The third-order valence-electron chi connectivity index (χ3n) is 2.62. The van der Waals surface area contributed by atoms with E-state index in [0.717, 1.165) is 17.7 Å². The molecule has 1 amide bonds. The van der Waals surface area contributed by atoms with Crippen molar-refractivity contribution in [2.45, 2.75) is 33.2 Å². The van der Waals surface area contributed by atoms with Crippen LogP contribution in [0.1, 0.15) is 32.3 Å². The van der Waals surface area contributed by atoms with Crippen LogP contribution in [-0.4, -0.2) is 13.0 Å². The highest BCUT2D eigenvalue weighted by Crippen LogP contribution is 2.16. The van der Waals surface area contributed by atoms with E-state index in [-0.39, 0.29) is 5.91 Å². The van der Waals surface area contributed by atoms with E-state index in [1.165, 1.54) is 0 Å². The van der Waals surface area contributed by atoms with Gasteiger partial charge in [-0.3, -0.25) is 4.79 Å². The molecule has 1 N–H and O–H groups in total. The Balaban J connectivity index is 2.42. The fourth-order valence-electron chi connectivity index (χ4n) is 1.55. The number of carbonyl (C=O) groups excluding carboxylic acids is 1. The third-order valence-corrected chi connectivity index (χ3v) is 2.62. The first-order chi connectivity index (χ1) is 8.13. The molecule has 0 aromatic heterocycles. The quantitative estimate of drug-likeness (QED) is 0.823. The SMILES string of the molecule is COc1ccccc1CNC(=O)CCC(C)C. The maximum atomic E-state index is 11.6. The molecule has 0 aliphatic heterocycles. The maximum absolute atomic E-state index is 11.6. The van der Waals surface area contributed by atoms with Gasteiger partial charge in [0.25, 0.3) is 0 Å². The van der Waals surface area contributed by atoms with Crippen molar-refractivity contribution >= 4 is 5.91 Å². The van der Waals surface area contributed by atoms with Gasteiger partial charge >= 0.3 is 0 Å². The van der Waals surface area contributed by atoms with Crippen molar-refractivity contribution < 1.29 is 9.53 Å². The molecule has 0 bridgehead atoms. The van der Waals surface area contributed by atoms with Gasteiger partial charge in [0.05, 0.1) is 7.11 Å². The molecule has 0 saturated carbocycles. The van der Waals surface area contributed by atoms with Gasteiger partial charge in [0.15, 0.2) is 0 Å². The Kier molecular flexibility index (Phi) is 5.53. The van der Waals surface area contributed by atoms with Crippen LogP contribution >= 0.6 is 0 Å². The molecular weight excluding hydrogens is 214 g/mol. The zero-order valence-electron chi connectivity index (χ0n) is 10.8. The minimum absolute atomic E-state index is 0.101. The van der Waals surface area contributed by atoms with Crippen LogP contribution in [0, 0.1) is 5.92 Å². The van der Waals surface area contributed by atoms with Crippen LogP contribution in [0.2, 0.25) is 0 Å². The molecule has 0 atom stereocenters. The van der Waals surface area contributed by atoms with Crippen molar-refractivity contribution in [3.63, 3.8) is 0 Å². The van der Waals surface area contributed by atoms with Gasteiger partial charge < -0.3 is 10.1 Å². The molecule has 3 nitrogen and oxygen atoms in total. The van der Waals surface area contributed by atoms with Gasteiger partial charge in [-0.05, 0) is 18.4 Å². The summed E-state index contributed by atoms with van der Waals surface area (Å²) in [5.41, 5.74) is 1.01. The lowest BCUT2D eigenvalue weighted by Gasteiger charge is -2.10. The maximum Gasteiger partial charge on any atom is 0.220 e. The first-order valence-electron chi connectivity index (χ1n) is 6.02. The number of benzene rings is 1. The number of methoxy groups -OCH3 is 1. The molecule has 0 spiro atoms. The largest absolute Gasteiger partial charge is 0.496 e. The van der Waals surface area contributed by atoms with Crippen LogP contribution in [0.3, 0.4) is 0 Å². The Morgan fingerprint density at radius 2 is 2.06 bits per heavy atom. The van der Waals surface area contributed by atoms with Crippen LogP contribution < -0.4 is 10.1 Å². The molecule has 3 heteroatoms. The van der Waals surface area contributed by atoms with Crippen LogP contribution in [0.15, 0.2) is 24.3 Å². The summed E-state index contributed by atoms with van der Waals surface area (Å²) in [6, 6.07) is 7.72. The molecule has 1 aromatic rings. The third kappa shape index (κ3) is 4.89. The summed E-state index contributed by atoms with van der Waals surface area (Å²) in [7, 11) is 1.64. The number of hydrogen-bond donors (Lipinski definition) is 1. The Morgan fingerprint density at radius 3 is 2.71 bits per heavy atom. The zero-order valence-corrected chi connectivity index (χ0v) is 10.8. The molecule has 1 aromatic carbocycles. The van der Waals surface area contributed by atoms with Crippen LogP contribution in [0.4, 0.5) is 0 Å². The van der Waals surface area contributed by atoms with Crippen molar-refractivity contribution in [3.8, 4) is 5.75 Å². The summed E-state index contributed by atoms with van der Waals surface area (Å²) < 4.78 is 5.22. The molecule has 0 radical (unpaired) electrons. The van der Waals surface area contributed by atoms with Gasteiger partial charge in [0.1, 0.15) is 5.75 Å².